The standard InChI is InChI=1S/C15H14F3N/c1-11-6-8-13(9-7-11)19(2)14-5-3-4-12(10-14)15(16,17)18/h3-10H,1-2H3. The number of benzene rings is 2. The molecule has 0 unspecified atom stereocenters. The molecule has 4 heteroatoms. The molecule has 0 atom stereocenters. The lowest BCUT2D eigenvalue weighted by Gasteiger charge is -2.20. The fourth-order valence-corrected chi connectivity index (χ4v) is 1.81. The number of rotatable bonds is 2. The predicted octanol–water partition coefficient (Wildman–Crippen LogP) is 4.78. The summed E-state index contributed by atoms with van der Waals surface area (Å²) in [6, 6.07) is 12.9. The second-order valence-electron chi connectivity index (χ2n) is 4.44. The van der Waals surface area contributed by atoms with Crippen LogP contribution in [0.2, 0.25) is 0 Å². The predicted molar refractivity (Wildman–Crippen MR) is 70.7 cm³/mol. The highest BCUT2D eigenvalue weighted by atomic mass is 19.4. The number of nitrogens with zero attached hydrogens (tertiary/aromatic N) is 1. The van der Waals surface area contributed by atoms with Crippen LogP contribution in [0.15, 0.2) is 48.5 Å². The van der Waals surface area contributed by atoms with Crippen LogP contribution < -0.4 is 4.90 Å². The van der Waals surface area contributed by atoms with E-state index >= 15 is 0 Å². The second-order valence-corrected chi connectivity index (χ2v) is 4.44. The molecule has 0 fully saturated rings. The molecular formula is C15H14F3N. The van der Waals surface area contributed by atoms with Crippen molar-refractivity contribution >= 4 is 11.4 Å². The third-order valence-electron chi connectivity index (χ3n) is 2.98. The molecule has 0 aromatic heterocycles. The van der Waals surface area contributed by atoms with E-state index in [2.05, 4.69) is 0 Å². The van der Waals surface area contributed by atoms with Crippen molar-refractivity contribution in [2.45, 2.75) is 13.1 Å². The average Bonchev–Trinajstić information content (AvgIpc) is 2.38. The third-order valence-corrected chi connectivity index (χ3v) is 2.98. The summed E-state index contributed by atoms with van der Waals surface area (Å²) in [6.07, 6.45) is -4.32. The van der Waals surface area contributed by atoms with Crippen molar-refractivity contribution in [3.05, 3.63) is 59.7 Å². The summed E-state index contributed by atoms with van der Waals surface area (Å²) < 4.78 is 38.0. The van der Waals surface area contributed by atoms with Crippen LogP contribution in [-0.2, 0) is 6.18 Å². The smallest absolute Gasteiger partial charge is 0.345 e. The molecule has 1 nitrogen and oxygen atoms in total. The maximum absolute atomic E-state index is 12.7. The van der Waals surface area contributed by atoms with Crippen LogP contribution in [0.25, 0.3) is 0 Å². The van der Waals surface area contributed by atoms with E-state index in [9.17, 15) is 13.2 Å². The molecule has 2 aromatic carbocycles. The minimum atomic E-state index is -4.32. The highest BCUT2D eigenvalue weighted by Crippen LogP contribution is 2.33. The van der Waals surface area contributed by atoms with Crippen molar-refractivity contribution in [1.82, 2.24) is 0 Å². The maximum atomic E-state index is 12.7. The lowest BCUT2D eigenvalue weighted by Crippen LogP contribution is -2.11. The minimum absolute atomic E-state index is 0.513. The molecule has 0 aliphatic carbocycles. The molecule has 2 aromatic rings. The Hall–Kier alpha value is -1.97. The van der Waals surface area contributed by atoms with Gasteiger partial charge in [-0.3, -0.25) is 0 Å². The first-order valence-corrected chi connectivity index (χ1v) is 5.85. The van der Waals surface area contributed by atoms with Gasteiger partial charge in [-0.1, -0.05) is 23.8 Å². The molecule has 2 rings (SSSR count). The fraction of sp³-hybridized carbons (Fsp3) is 0.200. The molecule has 0 radical (unpaired) electrons. The molecule has 0 heterocycles. The van der Waals surface area contributed by atoms with E-state index in [1.54, 1.807) is 18.0 Å². The molecular weight excluding hydrogens is 251 g/mol. The number of hydrogen-bond donors (Lipinski definition) is 0. The van der Waals surface area contributed by atoms with Gasteiger partial charge >= 0.3 is 6.18 Å². The zero-order chi connectivity index (χ0) is 14.0. The van der Waals surface area contributed by atoms with Gasteiger partial charge in [-0.05, 0) is 37.3 Å². The van der Waals surface area contributed by atoms with Crippen molar-refractivity contribution in [2.24, 2.45) is 0 Å². The molecule has 19 heavy (non-hydrogen) atoms. The van der Waals surface area contributed by atoms with Crippen LogP contribution in [0.4, 0.5) is 24.5 Å². The minimum Gasteiger partial charge on any atom is -0.345 e. The van der Waals surface area contributed by atoms with Gasteiger partial charge < -0.3 is 4.90 Å². The van der Waals surface area contributed by atoms with Crippen molar-refractivity contribution in [3.8, 4) is 0 Å². The van der Waals surface area contributed by atoms with E-state index in [1.165, 1.54) is 6.07 Å². The van der Waals surface area contributed by atoms with E-state index < -0.39 is 11.7 Å². The Morgan fingerprint density at radius 1 is 0.895 bits per heavy atom. The number of anilines is 2. The molecule has 0 bridgehead atoms. The van der Waals surface area contributed by atoms with Gasteiger partial charge in [-0.2, -0.15) is 13.2 Å². The molecule has 0 saturated carbocycles. The Morgan fingerprint density at radius 2 is 1.53 bits per heavy atom. The van der Waals surface area contributed by atoms with Crippen LogP contribution in [0.5, 0.6) is 0 Å². The number of halogens is 3. The monoisotopic (exact) mass is 265 g/mol. The van der Waals surface area contributed by atoms with Crippen molar-refractivity contribution in [2.75, 3.05) is 11.9 Å². The Balaban J connectivity index is 2.34. The average molecular weight is 265 g/mol. The lowest BCUT2D eigenvalue weighted by molar-refractivity contribution is -0.137. The first kappa shape index (κ1) is 13.5. The zero-order valence-electron chi connectivity index (χ0n) is 10.7. The van der Waals surface area contributed by atoms with Crippen LogP contribution >= 0.6 is 0 Å². The van der Waals surface area contributed by atoms with Crippen LogP contribution in [-0.4, -0.2) is 7.05 Å². The zero-order valence-corrected chi connectivity index (χ0v) is 10.7. The van der Waals surface area contributed by atoms with E-state index in [0.717, 1.165) is 23.4 Å². The first-order valence-electron chi connectivity index (χ1n) is 5.85. The van der Waals surface area contributed by atoms with Gasteiger partial charge in [0.2, 0.25) is 0 Å². The molecule has 0 aliphatic heterocycles. The number of alkyl halides is 3. The molecule has 0 saturated heterocycles. The Bertz CT molecular complexity index is 558. The number of hydrogen-bond acceptors (Lipinski definition) is 1. The van der Waals surface area contributed by atoms with Gasteiger partial charge in [0.15, 0.2) is 0 Å². The van der Waals surface area contributed by atoms with Crippen LogP contribution in [0.3, 0.4) is 0 Å². The summed E-state index contributed by atoms with van der Waals surface area (Å²) in [7, 11) is 1.75. The normalized spacial score (nSPS) is 11.4. The summed E-state index contributed by atoms with van der Waals surface area (Å²) in [5.41, 5.74) is 1.84. The SMILES string of the molecule is Cc1ccc(N(C)c2cccc(C(F)(F)F)c2)cc1. The Morgan fingerprint density at radius 3 is 2.11 bits per heavy atom. The highest BCUT2D eigenvalue weighted by Gasteiger charge is 2.30. The summed E-state index contributed by atoms with van der Waals surface area (Å²) in [5, 5.41) is 0. The largest absolute Gasteiger partial charge is 0.416 e. The van der Waals surface area contributed by atoms with Crippen molar-refractivity contribution in [1.29, 1.82) is 0 Å². The number of aryl methyl sites for hydroxylation is 1. The van der Waals surface area contributed by atoms with Crippen LogP contribution in [0.1, 0.15) is 11.1 Å². The van der Waals surface area contributed by atoms with Gasteiger partial charge in [0.05, 0.1) is 5.56 Å². The van der Waals surface area contributed by atoms with Crippen LogP contribution in [0, 0.1) is 6.92 Å². The summed E-state index contributed by atoms with van der Waals surface area (Å²) in [6.45, 7) is 1.97. The quantitative estimate of drug-likeness (QED) is 0.755. The van der Waals surface area contributed by atoms with E-state index in [1.807, 2.05) is 31.2 Å². The molecule has 0 amide bonds. The third kappa shape index (κ3) is 3.08. The Kier molecular flexibility index (Phi) is 3.51. The lowest BCUT2D eigenvalue weighted by atomic mass is 10.1. The maximum Gasteiger partial charge on any atom is 0.416 e. The highest BCUT2D eigenvalue weighted by molar-refractivity contribution is 5.63. The topological polar surface area (TPSA) is 3.24 Å². The Labute approximate surface area is 110 Å². The van der Waals surface area contributed by atoms with Gasteiger partial charge in [-0.25, -0.2) is 0 Å². The van der Waals surface area contributed by atoms with E-state index in [-0.39, 0.29) is 0 Å². The molecule has 0 N–H and O–H groups in total. The van der Waals surface area contributed by atoms with Crippen molar-refractivity contribution < 1.29 is 13.2 Å². The van der Waals surface area contributed by atoms with Gasteiger partial charge in [-0.15, -0.1) is 0 Å². The van der Waals surface area contributed by atoms with Gasteiger partial charge in [0, 0.05) is 18.4 Å². The fourth-order valence-electron chi connectivity index (χ4n) is 1.81. The summed E-state index contributed by atoms with van der Waals surface area (Å²) in [5.74, 6) is 0. The van der Waals surface area contributed by atoms with E-state index in [0.29, 0.717) is 5.69 Å². The molecule has 100 valence electrons. The molecule has 0 aliphatic rings. The second kappa shape index (κ2) is 4.96. The van der Waals surface area contributed by atoms with Gasteiger partial charge in [0.25, 0.3) is 0 Å². The molecule has 0 spiro atoms. The summed E-state index contributed by atoms with van der Waals surface area (Å²) in [4.78, 5) is 1.73. The van der Waals surface area contributed by atoms with Crippen molar-refractivity contribution in [3.63, 3.8) is 0 Å². The summed E-state index contributed by atoms with van der Waals surface area (Å²) >= 11 is 0. The van der Waals surface area contributed by atoms with E-state index in [4.69, 9.17) is 0 Å². The first-order chi connectivity index (χ1) is 8.88. The van der Waals surface area contributed by atoms with Gasteiger partial charge in [0.1, 0.15) is 0 Å².